The monoisotopic (exact) mass is 520 g/mol. The van der Waals surface area contributed by atoms with E-state index in [-0.39, 0.29) is 18.6 Å². The maximum absolute atomic E-state index is 12.1. The van der Waals surface area contributed by atoms with Crippen LogP contribution in [0.5, 0.6) is 5.75 Å². The molecule has 0 aliphatic rings. The van der Waals surface area contributed by atoms with E-state index in [1.54, 1.807) is 0 Å². The third-order valence-corrected chi connectivity index (χ3v) is 4.60. The molecule has 29 heavy (non-hydrogen) atoms. The first kappa shape index (κ1) is 21.1. The van der Waals surface area contributed by atoms with Crippen LogP contribution in [0.1, 0.15) is 19.4 Å². The second-order valence-electron chi connectivity index (χ2n) is 6.28. The van der Waals surface area contributed by atoms with Crippen molar-refractivity contribution in [2.75, 3.05) is 0 Å². The number of benzene rings is 2. The van der Waals surface area contributed by atoms with E-state index < -0.39 is 0 Å². The Morgan fingerprint density at radius 1 is 1.28 bits per heavy atom. The van der Waals surface area contributed by atoms with Crippen LogP contribution in [0.4, 0.5) is 0 Å². The average Bonchev–Trinajstić information content (AvgIpc) is 3.13. The van der Waals surface area contributed by atoms with Gasteiger partial charge in [-0.3, -0.25) is 4.79 Å². The zero-order valence-corrected chi connectivity index (χ0v) is 18.9. The molecule has 1 heterocycles. The number of halogens is 2. The van der Waals surface area contributed by atoms with E-state index in [1.165, 1.54) is 11.0 Å². The Morgan fingerprint density at radius 2 is 2.03 bits per heavy atom. The summed E-state index contributed by atoms with van der Waals surface area (Å²) >= 11 is 6.92. The van der Waals surface area contributed by atoms with Crippen molar-refractivity contribution in [2.45, 2.75) is 26.5 Å². The minimum absolute atomic E-state index is 0.00795. The van der Waals surface area contributed by atoms with Gasteiger partial charge in [0.1, 0.15) is 12.3 Å². The molecule has 0 spiro atoms. The molecule has 0 unspecified atom stereocenters. The zero-order valence-electron chi connectivity index (χ0n) is 15.7. The second kappa shape index (κ2) is 9.75. The first-order chi connectivity index (χ1) is 13.9. The molecular formula is C19H18Br2N6O2. The third-order valence-electron chi connectivity index (χ3n) is 3.55. The average molecular weight is 522 g/mol. The smallest absolute Gasteiger partial charge is 0.263 e. The predicted molar refractivity (Wildman–Crippen MR) is 117 cm³/mol. The Morgan fingerprint density at radius 3 is 2.76 bits per heavy atom. The summed E-state index contributed by atoms with van der Waals surface area (Å²) in [6, 6.07) is 13.2. The minimum atomic E-state index is -0.376. The first-order valence-corrected chi connectivity index (χ1v) is 10.3. The largest absolute Gasteiger partial charge is 0.489 e. The van der Waals surface area contributed by atoms with Crippen molar-refractivity contribution in [1.82, 2.24) is 25.6 Å². The maximum Gasteiger partial charge on any atom is 0.263 e. The summed E-state index contributed by atoms with van der Waals surface area (Å²) in [5.74, 6) is 0.724. The van der Waals surface area contributed by atoms with Gasteiger partial charge >= 0.3 is 0 Å². The van der Waals surface area contributed by atoms with Crippen molar-refractivity contribution in [1.29, 1.82) is 0 Å². The van der Waals surface area contributed by atoms with Crippen LogP contribution in [0.25, 0.3) is 11.4 Å². The van der Waals surface area contributed by atoms with Gasteiger partial charge in [0.25, 0.3) is 5.91 Å². The van der Waals surface area contributed by atoms with E-state index in [0.717, 1.165) is 14.5 Å². The Hall–Kier alpha value is -2.59. The SMILES string of the molecule is CC(C)Oc1c(Br)cc(Br)cc1/C=N\NC(=O)Cn1nnc(-c2ccccc2)n1. The van der Waals surface area contributed by atoms with E-state index in [4.69, 9.17) is 4.74 Å². The van der Waals surface area contributed by atoms with E-state index in [9.17, 15) is 4.79 Å². The summed E-state index contributed by atoms with van der Waals surface area (Å²) in [6.07, 6.45) is 1.52. The van der Waals surface area contributed by atoms with Crippen molar-refractivity contribution in [3.63, 3.8) is 0 Å². The van der Waals surface area contributed by atoms with Crippen molar-refractivity contribution in [2.24, 2.45) is 5.10 Å². The van der Waals surface area contributed by atoms with Crippen LogP contribution in [0, 0.1) is 0 Å². The van der Waals surface area contributed by atoms with E-state index in [1.807, 2.05) is 56.3 Å². The highest BCUT2D eigenvalue weighted by Crippen LogP contribution is 2.32. The van der Waals surface area contributed by atoms with Crippen LogP contribution in [0.15, 0.2) is 56.5 Å². The van der Waals surface area contributed by atoms with Crippen LogP contribution in [0.2, 0.25) is 0 Å². The van der Waals surface area contributed by atoms with Crippen LogP contribution >= 0.6 is 31.9 Å². The summed E-state index contributed by atoms with van der Waals surface area (Å²) in [5.41, 5.74) is 4.01. The van der Waals surface area contributed by atoms with Gasteiger partial charge in [0.05, 0.1) is 16.8 Å². The predicted octanol–water partition coefficient (Wildman–Crippen LogP) is 3.80. The number of amides is 1. The number of rotatable bonds is 7. The molecule has 8 nitrogen and oxygen atoms in total. The van der Waals surface area contributed by atoms with Crippen LogP contribution in [-0.2, 0) is 11.3 Å². The van der Waals surface area contributed by atoms with Gasteiger partial charge in [0.2, 0.25) is 5.82 Å². The number of hydrogen-bond donors (Lipinski definition) is 1. The number of hydrazone groups is 1. The number of nitrogens with one attached hydrogen (secondary N) is 1. The molecule has 0 aliphatic heterocycles. The number of nitrogens with zero attached hydrogens (tertiary/aromatic N) is 5. The van der Waals surface area contributed by atoms with Gasteiger partial charge in [-0.15, -0.1) is 10.2 Å². The number of ether oxygens (including phenoxy) is 1. The van der Waals surface area contributed by atoms with Crippen molar-refractivity contribution >= 4 is 44.0 Å². The van der Waals surface area contributed by atoms with Crippen molar-refractivity contribution in [3.8, 4) is 17.1 Å². The number of aromatic nitrogens is 4. The lowest BCUT2D eigenvalue weighted by Gasteiger charge is -2.14. The fourth-order valence-electron chi connectivity index (χ4n) is 2.39. The molecule has 0 saturated carbocycles. The van der Waals surface area contributed by atoms with Gasteiger partial charge < -0.3 is 4.74 Å². The quantitative estimate of drug-likeness (QED) is 0.377. The fraction of sp³-hybridized carbons (Fsp3) is 0.211. The lowest BCUT2D eigenvalue weighted by Crippen LogP contribution is -2.24. The zero-order chi connectivity index (χ0) is 20.8. The lowest BCUT2D eigenvalue weighted by atomic mass is 10.2. The highest BCUT2D eigenvalue weighted by atomic mass is 79.9. The Labute approximate surface area is 184 Å². The molecule has 3 aromatic rings. The van der Waals surface area contributed by atoms with Crippen molar-refractivity contribution < 1.29 is 9.53 Å². The molecular weight excluding hydrogens is 504 g/mol. The molecule has 0 atom stereocenters. The molecule has 3 rings (SSSR count). The van der Waals surface area contributed by atoms with Gasteiger partial charge in [-0.2, -0.15) is 9.90 Å². The molecule has 0 saturated heterocycles. The molecule has 2 aromatic carbocycles. The van der Waals surface area contributed by atoms with Gasteiger partial charge in [0, 0.05) is 15.6 Å². The number of carbonyl (C=O) groups excluding carboxylic acids is 1. The summed E-state index contributed by atoms with van der Waals surface area (Å²) < 4.78 is 7.47. The molecule has 10 heteroatoms. The fourth-order valence-corrected chi connectivity index (χ4v) is 3.74. The summed E-state index contributed by atoms with van der Waals surface area (Å²) in [5, 5.41) is 16.1. The molecule has 150 valence electrons. The maximum atomic E-state index is 12.1. The van der Waals surface area contributed by atoms with Gasteiger partial charge in [-0.25, -0.2) is 5.43 Å². The third kappa shape index (κ3) is 5.94. The number of carbonyl (C=O) groups is 1. The molecule has 0 radical (unpaired) electrons. The van der Waals surface area contributed by atoms with Gasteiger partial charge in [0.15, 0.2) is 0 Å². The lowest BCUT2D eigenvalue weighted by molar-refractivity contribution is -0.122. The molecule has 0 fully saturated rings. The van der Waals surface area contributed by atoms with Crippen LogP contribution < -0.4 is 10.2 Å². The topological polar surface area (TPSA) is 94.3 Å². The standard InChI is InChI=1S/C19H18Br2N6O2/c1-12(2)29-18-14(8-15(20)9-16(18)21)10-22-23-17(28)11-27-25-19(24-26-27)13-6-4-3-5-7-13/h3-10,12H,11H2,1-2H3,(H,23,28)/b22-10-. The van der Waals surface area contributed by atoms with Crippen molar-refractivity contribution in [3.05, 3.63) is 57.0 Å². The Kier molecular flexibility index (Phi) is 7.10. The molecule has 1 N–H and O–H groups in total. The number of tetrazole rings is 1. The second-order valence-corrected chi connectivity index (χ2v) is 8.05. The van der Waals surface area contributed by atoms with Gasteiger partial charge in [-0.1, -0.05) is 46.3 Å². The van der Waals surface area contributed by atoms with E-state index in [0.29, 0.717) is 17.1 Å². The molecule has 0 aliphatic carbocycles. The summed E-state index contributed by atoms with van der Waals surface area (Å²) in [4.78, 5) is 13.4. The van der Waals surface area contributed by atoms with E-state index in [2.05, 4.69) is 57.8 Å². The highest BCUT2D eigenvalue weighted by Gasteiger charge is 2.11. The Balaban J connectivity index is 1.64. The van der Waals surface area contributed by atoms with E-state index >= 15 is 0 Å². The van der Waals surface area contributed by atoms with Crippen LogP contribution in [0.3, 0.4) is 0 Å². The summed E-state index contributed by atoms with van der Waals surface area (Å²) in [7, 11) is 0. The molecule has 1 amide bonds. The normalized spacial score (nSPS) is 11.2. The van der Waals surface area contributed by atoms with Gasteiger partial charge in [-0.05, 0) is 47.1 Å². The molecule has 1 aromatic heterocycles. The highest BCUT2D eigenvalue weighted by molar-refractivity contribution is 9.11. The first-order valence-electron chi connectivity index (χ1n) is 8.73. The number of hydrogen-bond acceptors (Lipinski definition) is 6. The Bertz CT molecular complexity index is 1020. The molecule has 0 bridgehead atoms. The van der Waals surface area contributed by atoms with Crippen LogP contribution in [-0.4, -0.2) is 38.4 Å². The minimum Gasteiger partial charge on any atom is -0.489 e. The summed E-state index contributed by atoms with van der Waals surface area (Å²) in [6.45, 7) is 3.77.